The zero-order chi connectivity index (χ0) is 24.3. The smallest absolute Gasteiger partial charge is 0.252 e. The third kappa shape index (κ3) is 6.68. The summed E-state index contributed by atoms with van der Waals surface area (Å²) in [6.07, 6.45) is 1.82. The van der Waals surface area contributed by atoms with Crippen molar-refractivity contribution in [3.8, 4) is 0 Å². The van der Waals surface area contributed by atoms with Gasteiger partial charge in [-0.1, -0.05) is 34.8 Å². The molecule has 1 unspecified atom stereocenters. The Morgan fingerprint density at radius 1 is 1.00 bits per heavy atom. The lowest BCUT2D eigenvalue weighted by atomic mass is 10.1. The highest BCUT2D eigenvalue weighted by Gasteiger charge is 2.67. The molecule has 178 valence electrons. The van der Waals surface area contributed by atoms with Gasteiger partial charge < -0.3 is 15.5 Å². The zero-order valence-electron chi connectivity index (χ0n) is 18.1. The molecule has 0 radical (unpaired) electrons. The Labute approximate surface area is 218 Å². The molecular weight excluding hydrogens is 528 g/mol. The van der Waals surface area contributed by atoms with Crippen molar-refractivity contribution in [3.63, 3.8) is 0 Å². The molecule has 0 saturated heterocycles. The number of hydrogen-bond acceptors (Lipinski definition) is 3. The van der Waals surface area contributed by atoms with Crippen LogP contribution in [0.2, 0.25) is 15.1 Å². The molecule has 2 atom stereocenters. The molecule has 1 aliphatic rings. The van der Waals surface area contributed by atoms with Gasteiger partial charge in [-0.25, -0.2) is 0 Å². The van der Waals surface area contributed by atoms with Crippen LogP contribution in [0.4, 0.5) is 5.69 Å². The number of alkyl halides is 2. The Kier molecular flexibility index (Phi) is 8.82. The van der Waals surface area contributed by atoms with E-state index in [0.717, 1.165) is 19.4 Å². The monoisotopic (exact) mass is 549 g/mol. The largest absolute Gasteiger partial charge is 0.352 e. The van der Waals surface area contributed by atoms with E-state index < -0.39 is 16.2 Å². The Bertz CT molecular complexity index is 1020. The van der Waals surface area contributed by atoms with Gasteiger partial charge in [0, 0.05) is 28.2 Å². The maximum Gasteiger partial charge on any atom is 0.252 e. The van der Waals surface area contributed by atoms with Gasteiger partial charge in [0.15, 0.2) is 0 Å². The van der Waals surface area contributed by atoms with E-state index in [2.05, 4.69) is 15.5 Å². The molecule has 5 nitrogen and oxygen atoms in total. The molecule has 1 fully saturated rings. The van der Waals surface area contributed by atoms with E-state index in [1.54, 1.807) is 30.3 Å². The van der Waals surface area contributed by atoms with Crippen molar-refractivity contribution in [3.05, 3.63) is 62.6 Å². The summed E-state index contributed by atoms with van der Waals surface area (Å²) in [5.74, 6) is -1.85. The van der Waals surface area contributed by atoms with Crippen LogP contribution in [0, 0.1) is 5.92 Å². The number of amides is 2. The fourth-order valence-corrected chi connectivity index (χ4v) is 5.24. The van der Waals surface area contributed by atoms with E-state index in [4.69, 9.17) is 58.0 Å². The van der Waals surface area contributed by atoms with Crippen molar-refractivity contribution in [1.29, 1.82) is 0 Å². The van der Waals surface area contributed by atoms with Gasteiger partial charge >= 0.3 is 0 Å². The summed E-state index contributed by atoms with van der Waals surface area (Å²) in [5, 5.41) is 6.80. The van der Waals surface area contributed by atoms with Crippen LogP contribution in [0.1, 0.15) is 34.7 Å². The number of unbranched alkanes of at least 4 members (excludes halogenated alkanes) is 1. The standard InChI is InChI=1S/C23H24Cl5N3O2/c1-31(2)8-4-3-7-29-21(32)17-12-16(5-6-18(17)26)30-22(33)20-19(23(20,27)28)13-9-14(24)11-15(25)10-13/h5-6,9-12,19-20H,3-4,7-8H2,1-2H3,(H,29,32)(H,30,33)/t19-,20?/m1/s1. The van der Waals surface area contributed by atoms with E-state index >= 15 is 0 Å². The molecule has 0 bridgehead atoms. The number of rotatable bonds is 9. The first-order valence-corrected chi connectivity index (χ1v) is 12.3. The lowest BCUT2D eigenvalue weighted by Crippen LogP contribution is -2.26. The van der Waals surface area contributed by atoms with Crippen LogP contribution in [-0.2, 0) is 4.79 Å². The second-order valence-electron chi connectivity index (χ2n) is 8.28. The van der Waals surface area contributed by atoms with E-state index in [-0.39, 0.29) is 17.4 Å². The van der Waals surface area contributed by atoms with Gasteiger partial charge in [0.05, 0.1) is 16.5 Å². The van der Waals surface area contributed by atoms with Gasteiger partial charge in [0.1, 0.15) is 4.33 Å². The first-order chi connectivity index (χ1) is 15.5. The minimum absolute atomic E-state index is 0.277. The molecule has 2 aromatic rings. The fourth-order valence-electron chi connectivity index (χ4n) is 3.67. The minimum atomic E-state index is -1.29. The second kappa shape index (κ2) is 11.0. The van der Waals surface area contributed by atoms with E-state index in [1.807, 2.05) is 14.1 Å². The fraction of sp³-hybridized carbons (Fsp3) is 0.391. The molecular formula is C23H24Cl5N3O2. The molecule has 2 N–H and O–H groups in total. The Hall–Kier alpha value is -1.21. The molecule has 0 spiro atoms. The molecule has 0 aromatic heterocycles. The van der Waals surface area contributed by atoms with Crippen LogP contribution in [0.25, 0.3) is 0 Å². The molecule has 0 heterocycles. The molecule has 3 rings (SSSR count). The summed E-state index contributed by atoms with van der Waals surface area (Å²) >= 11 is 31.2. The summed E-state index contributed by atoms with van der Waals surface area (Å²) in [5.41, 5.74) is 1.38. The maximum absolute atomic E-state index is 12.9. The van der Waals surface area contributed by atoms with Crippen LogP contribution < -0.4 is 10.6 Å². The van der Waals surface area contributed by atoms with E-state index in [9.17, 15) is 9.59 Å². The number of halogens is 5. The normalized spacial score (nSPS) is 18.8. The molecule has 0 aliphatic heterocycles. The third-order valence-electron chi connectivity index (χ3n) is 5.38. The number of benzene rings is 2. The summed E-state index contributed by atoms with van der Waals surface area (Å²) in [6, 6.07) is 9.69. The molecule has 1 saturated carbocycles. The summed E-state index contributed by atoms with van der Waals surface area (Å²) < 4.78 is -1.29. The highest BCUT2D eigenvalue weighted by Crippen LogP contribution is 2.65. The number of anilines is 1. The lowest BCUT2D eigenvalue weighted by Gasteiger charge is -2.11. The van der Waals surface area contributed by atoms with Crippen molar-refractivity contribution < 1.29 is 9.59 Å². The molecule has 1 aliphatic carbocycles. The first-order valence-electron chi connectivity index (χ1n) is 10.4. The zero-order valence-corrected chi connectivity index (χ0v) is 21.9. The maximum atomic E-state index is 12.9. The average Bonchev–Trinajstić information content (AvgIpc) is 3.30. The summed E-state index contributed by atoms with van der Waals surface area (Å²) in [6.45, 7) is 1.48. The quantitative estimate of drug-likeness (QED) is 0.286. The van der Waals surface area contributed by atoms with Crippen LogP contribution in [0.5, 0.6) is 0 Å². The van der Waals surface area contributed by atoms with Crippen molar-refractivity contribution >= 4 is 75.5 Å². The predicted octanol–water partition coefficient (Wildman–Crippen LogP) is 6.24. The van der Waals surface area contributed by atoms with Crippen molar-refractivity contribution in [2.75, 3.05) is 32.5 Å². The van der Waals surface area contributed by atoms with E-state index in [1.165, 1.54) is 6.07 Å². The Balaban J connectivity index is 1.65. The molecule has 2 amide bonds. The number of carbonyl (C=O) groups excluding carboxylic acids is 2. The third-order valence-corrected chi connectivity index (χ3v) is 7.08. The molecule has 33 heavy (non-hydrogen) atoms. The minimum Gasteiger partial charge on any atom is -0.352 e. The van der Waals surface area contributed by atoms with Crippen LogP contribution in [0.3, 0.4) is 0 Å². The van der Waals surface area contributed by atoms with Gasteiger partial charge in [-0.2, -0.15) is 0 Å². The number of nitrogens with one attached hydrogen (secondary N) is 2. The first kappa shape index (κ1) is 26.4. The Morgan fingerprint density at radius 2 is 1.67 bits per heavy atom. The highest BCUT2D eigenvalue weighted by atomic mass is 35.5. The number of nitrogens with zero attached hydrogens (tertiary/aromatic N) is 1. The van der Waals surface area contributed by atoms with Gasteiger partial charge in [0.25, 0.3) is 5.91 Å². The predicted molar refractivity (Wildman–Crippen MR) is 137 cm³/mol. The van der Waals surface area contributed by atoms with Crippen LogP contribution >= 0.6 is 58.0 Å². The Morgan fingerprint density at radius 3 is 2.30 bits per heavy atom. The molecule has 10 heteroatoms. The van der Waals surface area contributed by atoms with Gasteiger partial charge in [0.2, 0.25) is 5.91 Å². The molecule has 2 aromatic carbocycles. The van der Waals surface area contributed by atoms with Crippen LogP contribution in [-0.4, -0.2) is 48.2 Å². The summed E-state index contributed by atoms with van der Waals surface area (Å²) in [7, 11) is 4.01. The van der Waals surface area contributed by atoms with Gasteiger partial charge in [-0.05, 0) is 75.4 Å². The van der Waals surface area contributed by atoms with Crippen molar-refractivity contribution in [1.82, 2.24) is 10.2 Å². The van der Waals surface area contributed by atoms with Crippen molar-refractivity contribution in [2.24, 2.45) is 5.92 Å². The average molecular weight is 552 g/mol. The van der Waals surface area contributed by atoms with Gasteiger partial charge in [-0.15, -0.1) is 23.2 Å². The number of carbonyl (C=O) groups is 2. The SMILES string of the molecule is CN(C)CCCCNC(=O)c1cc(NC(=O)C2[C@@H](c3cc(Cl)cc(Cl)c3)C2(Cl)Cl)ccc1Cl. The van der Waals surface area contributed by atoms with Gasteiger partial charge in [-0.3, -0.25) is 9.59 Å². The van der Waals surface area contributed by atoms with E-state index in [0.29, 0.717) is 32.9 Å². The second-order valence-corrected chi connectivity index (χ2v) is 11.0. The van der Waals surface area contributed by atoms with Crippen LogP contribution in [0.15, 0.2) is 36.4 Å². The topological polar surface area (TPSA) is 61.4 Å². The highest BCUT2D eigenvalue weighted by molar-refractivity contribution is 6.53. The summed E-state index contributed by atoms with van der Waals surface area (Å²) in [4.78, 5) is 27.6. The van der Waals surface area contributed by atoms with Crippen molar-refractivity contribution in [2.45, 2.75) is 23.1 Å². The lowest BCUT2D eigenvalue weighted by molar-refractivity contribution is -0.117. The number of hydrogen-bond donors (Lipinski definition) is 2.